The van der Waals surface area contributed by atoms with Crippen molar-refractivity contribution >= 4 is 43.4 Å². The Kier molecular flexibility index (Phi) is 10.3. The predicted octanol–water partition coefficient (Wildman–Crippen LogP) is 7.12. The van der Waals surface area contributed by atoms with E-state index in [2.05, 4.69) is 163 Å². The van der Waals surface area contributed by atoms with Crippen LogP contribution in [-0.2, 0) is 18.4 Å². The molecule has 0 saturated heterocycles. The Morgan fingerprint density at radius 2 is 0.935 bits per heavy atom. The van der Waals surface area contributed by atoms with Gasteiger partial charge in [-0.05, 0) is 43.7 Å². The Balaban J connectivity index is 1.74. The van der Waals surface area contributed by atoms with Crippen molar-refractivity contribution < 1.29 is 18.4 Å². The number of hydrogen-bond donors (Lipinski definition) is 0. The van der Waals surface area contributed by atoms with Gasteiger partial charge in [-0.25, -0.2) is 0 Å². The highest BCUT2D eigenvalue weighted by molar-refractivity contribution is 7.00. The number of allylic oxidation sites excluding steroid dienone is 1. The lowest BCUT2D eigenvalue weighted by atomic mass is 10.2. The molecule has 2 atom stereocenters. The molecule has 0 N–H and O–H groups in total. The number of cyclic esters (lactones) is 1. The van der Waals surface area contributed by atoms with Gasteiger partial charge in [0.25, 0.3) is 16.6 Å². The molecule has 1 aliphatic heterocycles. The molecule has 0 fully saturated rings. The van der Waals surface area contributed by atoms with E-state index in [1.165, 1.54) is 10.4 Å². The lowest BCUT2D eigenvalue weighted by molar-refractivity contribution is -0.179. The molecule has 6 heteroatoms. The molecule has 0 aliphatic carbocycles. The second kappa shape index (κ2) is 14.1. The summed E-state index contributed by atoms with van der Waals surface area (Å²) < 4.78 is 21.7. The van der Waals surface area contributed by atoms with Gasteiger partial charge in [-0.2, -0.15) is 0 Å². The highest BCUT2D eigenvalue weighted by Crippen LogP contribution is 2.41. The number of carbonyl (C=O) groups excluding carboxylic acids is 1. The third kappa shape index (κ3) is 6.76. The lowest BCUT2D eigenvalue weighted by Gasteiger charge is -2.49. The van der Waals surface area contributed by atoms with E-state index >= 15 is 0 Å². The molecule has 46 heavy (non-hydrogen) atoms. The van der Waals surface area contributed by atoms with Gasteiger partial charge in [0.1, 0.15) is 6.10 Å². The van der Waals surface area contributed by atoms with E-state index in [1.54, 1.807) is 0 Å². The number of rotatable bonds is 8. The zero-order valence-corrected chi connectivity index (χ0v) is 30.1. The molecule has 5 rings (SSSR count). The van der Waals surface area contributed by atoms with Gasteiger partial charge in [-0.15, -0.1) is 0 Å². The van der Waals surface area contributed by atoms with Crippen LogP contribution in [0.2, 0.25) is 10.1 Å². The summed E-state index contributed by atoms with van der Waals surface area (Å²) in [4.78, 5) is 13.5. The fourth-order valence-corrected chi connectivity index (χ4v) is 16.2. The SMILES string of the molecule is CC(C)(C)[Si](O[C@H]1OC(=O)CC/C=C\C[C@@H]1O[Si](c1ccccc1)(c1ccccc1)C(C)(C)C)(c1ccccc1)c1ccccc1. The molecule has 0 aromatic heterocycles. The highest BCUT2D eigenvalue weighted by atomic mass is 28.4. The standard InChI is InChI=1S/C40H48O4Si2/c1-39(2,3)45(32-22-12-7-13-23-32,33-24-14-8-15-25-33)43-36-30-20-11-21-31-37(41)42-38(36)44-46(40(4,5)6,34-26-16-9-17-27-34)35-28-18-10-19-29-35/h7-20,22-29,36,38H,21,30-31H2,1-6H3/b20-11-/t36-,38+/m0/s1. The maximum atomic E-state index is 13.5. The van der Waals surface area contributed by atoms with Crippen molar-refractivity contribution in [3.63, 3.8) is 0 Å². The molecular formula is C40H48O4Si2. The van der Waals surface area contributed by atoms with Gasteiger partial charge < -0.3 is 13.6 Å². The van der Waals surface area contributed by atoms with Crippen LogP contribution in [0.3, 0.4) is 0 Å². The number of hydrogen-bond acceptors (Lipinski definition) is 4. The summed E-state index contributed by atoms with van der Waals surface area (Å²) >= 11 is 0. The molecule has 0 bridgehead atoms. The summed E-state index contributed by atoms with van der Waals surface area (Å²) in [6.45, 7) is 13.5. The van der Waals surface area contributed by atoms with Gasteiger partial charge in [0, 0.05) is 6.42 Å². The van der Waals surface area contributed by atoms with Gasteiger partial charge in [0.05, 0.1) is 0 Å². The molecule has 4 aromatic carbocycles. The summed E-state index contributed by atoms with van der Waals surface area (Å²) in [6.07, 6.45) is 4.22. The van der Waals surface area contributed by atoms with Crippen LogP contribution >= 0.6 is 0 Å². The average molecular weight is 649 g/mol. The largest absolute Gasteiger partial charge is 0.434 e. The van der Waals surface area contributed by atoms with Gasteiger partial charge in [0.2, 0.25) is 6.29 Å². The van der Waals surface area contributed by atoms with E-state index in [-0.39, 0.29) is 16.0 Å². The zero-order valence-electron chi connectivity index (χ0n) is 28.1. The summed E-state index contributed by atoms with van der Waals surface area (Å²) in [5.41, 5.74) is 0. The van der Waals surface area contributed by atoms with Crippen LogP contribution in [0.15, 0.2) is 133 Å². The van der Waals surface area contributed by atoms with Crippen molar-refractivity contribution in [3.8, 4) is 0 Å². The number of esters is 1. The fourth-order valence-electron chi connectivity index (χ4n) is 6.91. The summed E-state index contributed by atoms with van der Waals surface area (Å²) in [5.74, 6) is -0.273. The van der Waals surface area contributed by atoms with E-state index < -0.39 is 29.0 Å². The monoisotopic (exact) mass is 648 g/mol. The topological polar surface area (TPSA) is 44.8 Å². The Bertz CT molecular complexity index is 1500. The second-order valence-corrected chi connectivity index (χ2v) is 22.7. The van der Waals surface area contributed by atoms with Crippen LogP contribution in [0.5, 0.6) is 0 Å². The molecule has 1 aliphatic rings. The smallest absolute Gasteiger partial charge is 0.308 e. The normalized spacial score (nSPS) is 19.0. The minimum atomic E-state index is -3.11. The lowest BCUT2D eigenvalue weighted by Crippen LogP contribution is -2.71. The third-order valence-electron chi connectivity index (χ3n) is 9.06. The number of benzene rings is 4. The van der Waals surface area contributed by atoms with Crippen LogP contribution in [0, 0.1) is 0 Å². The molecule has 4 aromatic rings. The average Bonchev–Trinajstić information content (AvgIpc) is 3.13. The van der Waals surface area contributed by atoms with Gasteiger partial charge >= 0.3 is 5.97 Å². The molecule has 240 valence electrons. The van der Waals surface area contributed by atoms with Crippen molar-refractivity contribution in [2.45, 2.75) is 83.3 Å². The molecule has 0 unspecified atom stereocenters. The zero-order chi connectivity index (χ0) is 32.8. The minimum absolute atomic E-state index is 0.260. The van der Waals surface area contributed by atoms with E-state index in [0.29, 0.717) is 19.3 Å². The maximum absolute atomic E-state index is 13.5. The Morgan fingerprint density at radius 1 is 0.565 bits per heavy atom. The first-order valence-corrected chi connectivity index (χ1v) is 20.2. The van der Waals surface area contributed by atoms with Crippen LogP contribution in [0.25, 0.3) is 0 Å². The molecule has 1 heterocycles. The quantitative estimate of drug-likeness (QED) is 0.116. The molecular weight excluding hydrogens is 601 g/mol. The van der Waals surface area contributed by atoms with Crippen molar-refractivity contribution in [1.82, 2.24) is 0 Å². The highest BCUT2D eigenvalue weighted by Gasteiger charge is 2.56. The van der Waals surface area contributed by atoms with E-state index in [9.17, 15) is 4.79 Å². The molecule has 0 radical (unpaired) electrons. The van der Waals surface area contributed by atoms with Crippen LogP contribution < -0.4 is 20.7 Å². The summed E-state index contributed by atoms with van der Waals surface area (Å²) in [6, 6.07) is 42.3. The molecule has 0 amide bonds. The van der Waals surface area contributed by atoms with Gasteiger partial charge in [-0.3, -0.25) is 4.79 Å². The van der Waals surface area contributed by atoms with E-state index in [4.69, 9.17) is 13.6 Å². The van der Waals surface area contributed by atoms with Crippen molar-refractivity contribution in [3.05, 3.63) is 133 Å². The second-order valence-electron chi connectivity index (χ2n) is 14.2. The van der Waals surface area contributed by atoms with Gasteiger partial charge in [0.15, 0.2) is 0 Å². The van der Waals surface area contributed by atoms with Crippen molar-refractivity contribution in [1.29, 1.82) is 0 Å². The van der Waals surface area contributed by atoms with Crippen molar-refractivity contribution in [2.24, 2.45) is 0 Å². The molecule has 0 spiro atoms. The van der Waals surface area contributed by atoms with Gasteiger partial charge in [-0.1, -0.05) is 175 Å². The summed E-state index contributed by atoms with van der Waals surface area (Å²) in [7, 11) is -6.13. The molecule has 4 nitrogen and oxygen atoms in total. The Morgan fingerprint density at radius 3 is 1.30 bits per heavy atom. The van der Waals surface area contributed by atoms with Crippen LogP contribution in [0.4, 0.5) is 0 Å². The molecule has 0 saturated carbocycles. The van der Waals surface area contributed by atoms with E-state index in [0.717, 1.165) is 10.4 Å². The predicted molar refractivity (Wildman–Crippen MR) is 194 cm³/mol. The first-order chi connectivity index (χ1) is 22.0. The minimum Gasteiger partial charge on any atom is -0.434 e. The summed E-state index contributed by atoms with van der Waals surface area (Å²) in [5, 5.41) is 4.04. The van der Waals surface area contributed by atoms with Crippen LogP contribution in [-0.4, -0.2) is 35.0 Å². The third-order valence-corrected chi connectivity index (χ3v) is 19.1. The first-order valence-electron chi connectivity index (χ1n) is 16.4. The maximum Gasteiger partial charge on any atom is 0.308 e. The number of ether oxygens (including phenoxy) is 1. The fraction of sp³-hybridized carbons (Fsp3) is 0.325. The number of carbonyl (C=O) groups is 1. The van der Waals surface area contributed by atoms with Crippen molar-refractivity contribution in [2.75, 3.05) is 0 Å². The Labute approximate surface area is 277 Å². The first kappa shape index (κ1) is 33.8. The van der Waals surface area contributed by atoms with Crippen LogP contribution in [0.1, 0.15) is 60.8 Å². The Hall–Kier alpha value is -3.56. The van der Waals surface area contributed by atoms with E-state index in [1.807, 2.05) is 12.1 Å².